The normalized spacial score (nSPS) is 24.3. The minimum atomic E-state index is 0.793. The third-order valence-electron chi connectivity index (χ3n) is 4.74. The molecule has 1 aromatic rings. The van der Waals surface area contributed by atoms with Gasteiger partial charge >= 0.3 is 0 Å². The predicted molar refractivity (Wildman–Crippen MR) is 89.1 cm³/mol. The van der Waals surface area contributed by atoms with Crippen molar-refractivity contribution in [1.29, 1.82) is 0 Å². The van der Waals surface area contributed by atoms with Crippen LogP contribution in [0.4, 0.5) is 5.69 Å². The maximum Gasteiger partial charge on any atom is 0.0410 e. The Morgan fingerprint density at radius 1 is 1.11 bits per heavy atom. The fourth-order valence-electron chi connectivity index (χ4n) is 3.87. The maximum absolute atomic E-state index is 3.65. The van der Waals surface area contributed by atoms with Gasteiger partial charge in [-0.3, -0.25) is 0 Å². The molecular formula is C16H21Br2N. The Labute approximate surface area is 133 Å². The smallest absolute Gasteiger partial charge is 0.0410 e. The zero-order chi connectivity index (χ0) is 13.2. The van der Waals surface area contributed by atoms with E-state index in [0.29, 0.717) is 0 Å². The molecule has 1 aliphatic heterocycles. The van der Waals surface area contributed by atoms with Crippen molar-refractivity contribution in [3.05, 3.63) is 28.2 Å². The van der Waals surface area contributed by atoms with Gasteiger partial charge in [-0.2, -0.15) is 0 Å². The van der Waals surface area contributed by atoms with Crippen LogP contribution in [0.15, 0.2) is 22.7 Å². The van der Waals surface area contributed by atoms with E-state index < -0.39 is 0 Å². The van der Waals surface area contributed by atoms with Crippen LogP contribution in [0.2, 0.25) is 0 Å². The van der Waals surface area contributed by atoms with E-state index in [4.69, 9.17) is 0 Å². The first-order valence-corrected chi connectivity index (χ1v) is 9.32. The topological polar surface area (TPSA) is 3.24 Å². The Morgan fingerprint density at radius 2 is 1.89 bits per heavy atom. The average Bonchev–Trinajstić information content (AvgIpc) is 3.08. The van der Waals surface area contributed by atoms with Gasteiger partial charge in [0.25, 0.3) is 0 Å². The first-order valence-electron chi connectivity index (χ1n) is 7.40. The van der Waals surface area contributed by atoms with Crippen molar-refractivity contribution in [3.8, 4) is 0 Å². The summed E-state index contributed by atoms with van der Waals surface area (Å²) in [6.45, 7) is 1.24. The second-order valence-electron chi connectivity index (χ2n) is 5.85. The highest BCUT2D eigenvalue weighted by molar-refractivity contribution is 9.10. The van der Waals surface area contributed by atoms with Crippen LogP contribution in [0, 0.1) is 5.92 Å². The predicted octanol–water partition coefficient (Wildman–Crippen LogP) is 5.50. The molecule has 1 saturated heterocycles. The van der Waals surface area contributed by atoms with Gasteiger partial charge in [0.1, 0.15) is 0 Å². The third kappa shape index (κ3) is 2.87. The van der Waals surface area contributed by atoms with E-state index in [9.17, 15) is 0 Å². The molecule has 0 N–H and O–H groups in total. The molecule has 0 amide bonds. The van der Waals surface area contributed by atoms with Crippen LogP contribution in [0.25, 0.3) is 0 Å². The van der Waals surface area contributed by atoms with Gasteiger partial charge in [0, 0.05) is 28.1 Å². The quantitative estimate of drug-likeness (QED) is 0.619. The molecule has 1 heterocycles. The minimum absolute atomic E-state index is 0.793. The number of halogens is 2. The fraction of sp³-hybridized carbons (Fsp3) is 0.625. The summed E-state index contributed by atoms with van der Waals surface area (Å²) in [6.07, 6.45) is 8.53. The van der Waals surface area contributed by atoms with Crippen molar-refractivity contribution in [3.63, 3.8) is 0 Å². The third-order valence-corrected chi connectivity index (χ3v) is 5.84. The van der Waals surface area contributed by atoms with E-state index in [2.05, 4.69) is 55.0 Å². The van der Waals surface area contributed by atoms with Gasteiger partial charge in [0.05, 0.1) is 0 Å². The lowest BCUT2D eigenvalue weighted by atomic mass is 9.95. The van der Waals surface area contributed by atoms with Crippen LogP contribution < -0.4 is 4.90 Å². The van der Waals surface area contributed by atoms with Crippen molar-refractivity contribution >= 4 is 37.5 Å². The molecule has 0 radical (unpaired) electrons. The summed E-state index contributed by atoms with van der Waals surface area (Å²) in [4.78, 5) is 2.69. The highest BCUT2D eigenvalue weighted by Crippen LogP contribution is 2.39. The summed E-state index contributed by atoms with van der Waals surface area (Å²) < 4.78 is 1.18. The van der Waals surface area contributed by atoms with E-state index in [1.54, 1.807) is 0 Å². The molecule has 1 aliphatic carbocycles. The lowest BCUT2D eigenvalue weighted by Crippen LogP contribution is -2.35. The van der Waals surface area contributed by atoms with Gasteiger partial charge in [-0.25, -0.2) is 0 Å². The molecule has 1 unspecified atom stereocenters. The van der Waals surface area contributed by atoms with Crippen molar-refractivity contribution in [2.75, 3.05) is 11.4 Å². The first kappa shape index (κ1) is 13.9. The van der Waals surface area contributed by atoms with Crippen LogP contribution in [0.1, 0.15) is 44.1 Å². The van der Waals surface area contributed by atoms with E-state index in [1.165, 1.54) is 60.8 Å². The molecule has 19 heavy (non-hydrogen) atoms. The van der Waals surface area contributed by atoms with Crippen LogP contribution >= 0.6 is 31.9 Å². The van der Waals surface area contributed by atoms with Crippen LogP contribution in [-0.4, -0.2) is 12.6 Å². The number of nitrogens with zero attached hydrogens (tertiary/aromatic N) is 1. The standard InChI is InChI=1S/C16H21Br2N/c17-11-13-10-14(18)7-8-16(13)19-9-3-6-15(19)12-4-1-2-5-12/h7-8,10,12,15H,1-6,9,11H2. The van der Waals surface area contributed by atoms with Gasteiger partial charge in [-0.1, -0.05) is 44.7 Å². The lowest BCUT2D eigenvalue weighted by Gasteiger charge is -2.32. The van der Waals surface area contributed by atoms with E-state index in [-0.39, 0.29) is 0 Å². The van der Waals surface area contributed by atoms with Gasteiger partial charge < -0.3 is 4.90 Å². The second-order valence-corrected chi connectivity index (χ2v) is 7.33. The number of hydrogen-bond acceptors (Lipinski definition) is 1. The summed E-state index contributed by atoms with van der Waals surface area (Å²) in [6, 6.07) is 7.54. The van der Waals surface area contributed by atoms with Gasteiger partial charge in [0.2, 0.25) is 0 Å². The average molecular weight is 387 g/mol. The molecule has 1 aromatic carbocycles. The SMILES string of the molecule is BrCc1cc(Br)ccc1N1CCCC1C1CCCC1. The Balaban J connectivity index is 1.87. The minimum Gasteiger partial charge on any atom is -0.368 e. The van der Waals surface area contributed by atoms with E-state index in [1.807, 2.05) is 0 Å². The number of benzene rings is 1. The zero-order valence-corrected chi connectivity index (χ0v) is 14.4. The highest BCUT2D eigenvalue weighted by atomic mass is 79.9. The molecule has 0 bridgehead atoms. The monoisotopic (exact) mass is 385 g/mol. The van der Waals surface area contributed by atoms with Crippen LogP contribution in [0.3, 0.4) is 0 Å². The van der Waals surface area contributed by atoms with Gasteiger partial charge in [-0.05, 0) is 55.4 Å². The molecule has 1 atom stereocenters. The van der Waals surface area contributed by atoms with Crippen LogP contribution in [-0.2, 0) is 5.33 Å². The summed E-state index contributed by atoms with van der Waals surface area (Å²) in [5.41, 5.74) is 2.87. The summed E-state index contributed by atoms with van der Waals surface area (Å²) >= 11 is 7.23. The van der Waals surface area contributed by atoms with Crippen LogP contribution in [0.5, 0.6) is 0 Å². The Morgan fingerprint density at radius 3 is 2.63 bits per heavy atom. The largest absolute Gasteiger partial charge is 0.368 e. The van der Waals surface area contributed by atoms with E-state index >= 15 is 0 Å². The van der Waals surface area contributed by atoms with Crippen molar-refractivity contribution in [2.45, 2.75) is 49.9 Å². The molecule has 2 aliphatic rings. The molecule has 1 nitrogen and oxygen atoms in total. The Kier molecular flexibility index (Phi) is 4.53. The summed E-state index contributed by atoms with van der Waals surface area (Å²) in [7, 11) is 0. The second kappa shape index (κ2) is 6.17. The van der Waals surface area contributed by atoms with Crippen molar-refractivity contribution < 1.29 is 0 Å². The Bertz CT molecular complexity index is 440. The molecule has 1 saturated carbocycles. The van der Waals surface area contributed by atoms with Crippen molar-refractivity contribution in [1.82, 2.24) is 0 Å². The number of anilines is 1. The number of rotatable bonds is 3. The fourth-order valence-corrected chi connectivity index (χ4v) is 4.72. The maximum atomic E-state index is 3.65. The van der Waals surface area contributed by atoms with Crippen molar-refractivity contribution in [2.24, 2.45) is 5.92 Å². The molecular weight excluding hydrogens is 366 g/mol. The Hall–Kier alpha value is -0.0200. The molecule has 0 spiro atoms. The number of hydrogen-bond donors (Lipinski definition) is 0. The molecule has 0 aromatic heterocycles. The highest BCUT2D eigenvalue weighted by Gasteiger charge is 2.34. The van der Waals surface area contributed by atoms with Gasteiger partial charge in [-0.15, -0.1) is 0 Å². The molecule has 3 rings (SSSR count). The molecule has 2 fully saturated rings. The molecule has 3 heteroatoms. The summed E-state index contributed by atoms with van der Waals surface area (Å²) in [5, 5.41) is 0.940. The summed E-state index contributed by atoms with van der Waals surface area (Å²) in [5.74, 6) is 0.939. The zero-order valence-electron chi connectivity index (χ0n) is 11.2. The lowest BCUT2D eigenvalue weighted by molar-refractivity contribution is 0.430. The first-order chi connectivity index (χ1) is 9.29. The number of alkyl halides is 1. The van der Waals surface area contributed by atoms with Gasteiger partial charge in [0.15, 0.2) is 0 Å². The molecule has 104 valence electrons. The van der Waals surface area contributed by atoms with E-state index in [0.717, 1.165) is 17.3 Å².